The van der Waals surface area contributed by atoms with Gasteiger partial charge in [-0.1, -0.05) is 31.9 Å². The summed E-state index contributed by atoms with van der Waals surface area (Å²) in [7, 11) is 0. The first kappa shape index (κ1) is 17.2. The molecule has 0 spiro atoms. The lowest BCUT2D eigenvalue weighted by atomic mass is 10.2. The van der Waals surface area contributed by atoms with Crippen LogP contribution in [0.4, 0.5) is 0 Å². The van der Waals surface area contributed by atoms with E-state index in [1.165, 1.54) is 0 Å². The number of hydrogen-bond acceptors (Lipinski definition) is 2. The van der Waals surface area contributed by atoms with Crippen LogP contribution in [0.2, 0.25) is 0 Å². The van der Waals surface area contributed by atoms with Crippen LogP contribution in [0.3, 0.4) is 0 Å². The Kier molecular flexibility index (Phi) is 6.68. The predicted octanol–water partition coefficient (Wildman–Crippen LogP) is 3.20. The van der Waals surface area contributed by atoms with Crippen LogP contribution in [0.25, 0.3) is 0 Å². The summed E-state index contributed by atoms with van der Waals surface area (Å²) < 4.78 is 1.61. The number of nitrogens with zero attached hydrogens (tertiary/aromatic N) is 1. The van der Waals surface area contributed by atoms with Crippen LogP contribution in [0, 0.1) is 0 Å². The van der Waals surface area contributed by atoms with Gasteiger partial charge in [-0.15, -0.1) is 0 Å². The lowest BCUT2D eigenvalue weighted by molar-refractivity contribution is -0.132. The fraction of sp³-hybridized carbons (Fsp3) is 0.429. The first-order valence-electron chi connectivity index (χ1n) is 6.44. The fourth-order valence-corrected chi connectivity index (χ4v) is 3.13. The normalized spacial score (nSPS) is 11.8. The highest BCUT2D eigenvalue weighted by Gasteiger charge is 2.20. The van der Waals surface area contributed by atoms with Gasteiger partial charge in [0.05, 0.1) is 0 Å². The van der Waals surface area contributed by atoms with Gasteiger partial charge in [0.15, 0.2) is 0 Å². The molecule has 1 aromatic rings. The summed E-state index contributed by atoms with van der Waals surface area (Å²) >= 11 is 6.67. The molecule has 20 heavy (non-hydrogen) atoms. The molecule has 0 aliphatic rings. The number of hydrogen-bond donors (Lipinski definition) is 1. The van der Waals surface area contributed by atoms with Crippen LogP contribution in [-0.4, -0.2) is 35.8 Å². The van der Waals surface area contributed by atoms with Gasteiger partial charge in [-0.2, -0.15) is 0 Å². The molecule has 1 atom stereocenters. The van der Waals surface area contributed by atoms with E-state index in [4.69, 9.17) is 0 Å². The standard InChI is InChI=1S/C14H18Br2N2O2/c1-4-18(5-2)14(20)9(3)17-13(19)10-6-11(15)8-12(16)7-10/h6-9H,4-5H2,1-3H3,(H,17,19). The van der Waals surface area contributed by atoms with E-state index in [-0.39, 0.29) is 11.8 Å². The van der Waals surface area contributed by atoms with Gasteiger partial charge in [0, 0.05) is 27.6 Å². The zero-order chi connectivity index (χ0) is 15.3. The van der Waals surface area contributed by atoms with Crippen molar-refractivity contribution >= 4 is 43.7 Å². The number of rotatable bonds is 5. The average molecular weight is 406 g/mol. The van der Waals surface area contributed by atoms with Gasteiger partial charge in [0.2, 0.25) is 5.91 Å². The molecule has 4 nitrogen and oxygen atoms in total. The molecular weight excluding hydrogens is 388 g/mol. The van der Waals surface area contributed by atoms with Crippen LogP contribution in [0.1, 0.15) is 31.1 Å². The van der Waals surface area contributed by atoms with Gasteiger partial charge >= 0.3 is 0 Å². The van der Waals surface area contributed by atoms with Gasteiger partial charge in [-0.25, -0.2) is 0 Å². The molecule has 110 valence electrons. The largest absolute Gasteiger partial charge is 0.341 e. The van der Waals surface area contributed by atoms with Crippen molar-refractivity contribution in [3.8, 4) is 0 Å². The maximum Gasteiger partial charge on any atom is 0.251 e. The summed E-state index contributed by atoms with van der Waals surface area (Å²) in [4.78, 5) is 25.9. The monoisotopic (exact) mass is 404 g/mol. The first-order valence-corrected chi connectivity index (χ1v) is 8.03. The molecule has 1 aromatic carbocycles. The molecular formula is C14H18Br2N2O2. The third kappa shape index (κ3) is 4.59. The van der Waals surface area contributed by atoms with Gasteiger partial charge in [0.25, 0.3) is 5.91 Å². The highest BCUT2D eigenvalue weighted by Crippen LogP contribution is 2.20. The number of likely N-dealkylation sites (N-methyl/N-ethyl adjacent to an activating group) is 1. The van der Waals surface area contributed by atoms with Gasteiger partial charge in [-0.05, 0) is 39.0 Å². The lowest BCUT2D eigenvalue weighted by Gasteiger charge is -2.23. The van der Waals surface area contributed by atoms with E-state index in [1.807, 2.05) is 19.9 Å². The smallest absolute Gasteiger partial charge is 0.251 e. The fourth-order valence-electron chi connectivity index (χ4n) is 1.84. The van der Waals surface area contributed by atoms with Crippen LogP contribution in [0.15, 0.2) is 27.1 Å². The molecule has 0 radical (unpaired) electrons. The van der Waals surface area contributed by atoms with E-state index in [9.17, 15) is 9.59 Å². The van der Waals surface area contributed by atoms with Crippen molar-refractivity contribution in [1.29, 1.82) is 0 Å². The minimum Gasteiger partial charge on any atom is -0.341 e. The summed E-state index contributed by atoms with van der Waals surface area (Å²) in [5, 5.41) is 2.73. The second kappa shape index (κ2) is 7.78. The Bertz CT molecular complexity index is 482. The van der Waals surface area contributed by atoms with E-state index in [1.54, 1.807) is 24.0 Å². The molecule has 0 saturated carbocycles. The number of halogens is 2. The van der Waals surface area contributed by atoms with E-state index < -0.39 is 6.04 Å². The Balaban J connectivity index is 2.77. The predicted molar refractivity (Wildman–Crippen MR) is 86.7 cm³/mol. The Morgan fingerprint density at radius 3 is 2.10 bits per heavy atom. The van der Waals surface area contributed by atoms with Crippen molar-refractivity contribution in [2.24, 2.45) is 0 Å². The number of amides is 2. The van der Waals surface area contributed by atoms with Crippen LogP contribution in [-0.2, 0) is 4.79 Å². The first-order chi connectivity index (χ1) is 9.38. The Hall–Kier alpha value is -0.880. The minimum atomic E-state index is -0.542. The third-order valence-electron chi connectivity index (χ3n) is 2.92. The topological polar surface area (TPSA) is 49.4 Å². The summed E-state index contributed by atoms with van der Waals surface area (Å²) in [5.41, 5.74) is 0.505. The number of benzene rings is 1. The number of carbonyl (C=O) groups is 2. The number of nitrogens with one attached hydrogen (secondary N) is 1. The molecule has 6 heteroatoms. The molecule has 0 aliphatic carbocycles. The molecule has 0 heterocycles. The van der Waals surface area contributed by atoms with Crippen molar-refractivity contribution in [2.45, 2.75) is 26.8 Å². The molecule has 0 bridgehead atoms. The van der Waals surface area contributed by atoms with Gasteiger partial charge in [0.1, 0.15) is 6.04 Å². The van der Waals surface area contributed by atoms with Crippen molar-refractivity contribution < 1.29 is 9.59 Å². The van der Waals surface area contributed by atoms with Crippen molar-refractivity contribution in [1.82, 2.24) is 10.2 Å². The highest BCUT2D eigenvalue weighted by atomic mass is 79.9. The van der Waals surface area contributed by atoms with Crippen LogP contribution < -0.4 is 5.32 Å². The van der Waals surface area contributed by atoms with Crippen molar-refractivity contribution in [2.75, 3.05) is 13.1 Å². The molecule has 2 amide bonds. The molecule has 0 aromatic heterocycles. The highest BCUT2D eigenvalue weighted by molar-refractivity contribution is 9.11. The van der Waals surface area contributed by atoms with E-state index in [2.05, 4.69) is 37.2 Å². The second-order valence-corrected chi connectivity index (χ2v) is 6.20. The van der Waals surface area contributed by atoms with E-state index in [0.717, 1.165) is 8.95 Å². The summed E-state index contributed by atoms with van der Waals surface area (Å²) in [6.07, 6.45) is 0. The van der Waals surface area contributed by atoms with Gasteiger partial charge < -0.3 is 10.2 Å². The maximum absolute atomic E-state index is 12.1. The quantitative estimate of drug-likeness (QED) is 0.817. The molecule has 0 fully saturated rings. The van der Waals surface area contributed by atoms with Crippen molar-refractivity contribution in [3.63, 3.8) is 0 Å². The maximum atomic E-state index is 12.1. The third-order valence-corrected chi connectivity index (χ3v) is 3.83. The van der Waals surface area contributed by atoms with E-state index >= 15 is 0 Å². The Morgan fingerprint density at radius 1 is 1.15 bits per heavy atom. The Labute approximate surface area is 136 Å². The minimum absolute atomic E-state index is 0.0718. The average Bonchev–Trinajstić information content (AvgIpc) is 2.38. The Morgan fingerprint density at radius 2 is 1.65 bits per heavy atom. The van der Waals surface area contributed by atoms with Crippen molar-refractivity contribution in [3.05, 3.63) is 32.7 Å². The molecule has 0 saturated heterocycles. The van der Waals surface area contributed by atoms with Gasteiger partial charge in [-0.3, -0.25) is 9.59 Å². The van der Waals surface area contributed by atoms with Crippen LogP contribution >= 0.6 is 31.9 Å². The summed E-state index contributed by atoms with van der Waals surface area (Å²) in [6, 6.07) is 4.74. The molecule has 1 unspecified atom stereocenters. The molecule has 1 N–H and O–H groups in total. The summed E-state index contributed by atoms with van der Waals surface area (Å²) in [5.74, 6) is -0.336. The second-order valence-electron chi connectivity index (χ2n) is 4.36. The van der Waals surface area contributed by atoms with E-state index in [0.29, 0.717) is 18.7 Å². The zero-order valence-electron chi connectivity index (χ0n) is 11.7. The molecule has 1 rings (SSSR count). The summed E-state index contributed by atoms with van der Waals surface area (Å²) in [6.45, 7) is 6.81. The lowest BCUT2D eigenvalue weighted by Crippen LogP contribution is -2.46. The SMILES string of the molecule is CCN(CC)C(=O)C(C)NC(=O)c1cc(Br)cc(Br)c1. The molecule has 0 aliphatic heterocycles. The number of carbonyl (C=O) groups excluding carboxylic acids is 2. The zero-order valence-corrected chi connectivity index (χ0v) is 14.9. The van der Waals surface area contributed by atoms with Crippen LogP contribution in [0.5, 0.6) is 0 Å².